The topological polar surface area (TPSA) is 88.1 Å². The molecule has 2 aliphatic carbocycles. The van der Waals surface area contributed by atoms with Gasteiger partial charge in [0, 0.05) is 38.0 Å². The van der Waals surface area contributed by atoms with E-state index in [0.29, 0.717) is 17.5 Å². The second-order valence-corrected chi connectivity index (χ2v) is 10.2. The summed E-state index contributed by atoms with van der Waals surface area (Å²) in [5.74, 6) is -1.23. The molecule has 1 aliphatic heterocycles. The van der Waals surface area contributed by atoms with Crippen LogP contribution in [-0.2, 0) is 29.3 Å². The van der Waals surface area contributed by atoms with Gasteiger partial charge in [-0.05, 0) is 35.8 Å². The van der Waals surface area contributed by atoms with Crippen molar-refractivity contribution in [1.82, 2.24) is 0 Å². The molecule has 32 heavy (non-hydrogen) atoms. The lowest BCUT2D eigenvalue weighted by molar-refractivity contribution is -0.149. The van der Waals surface area contributed by atoms with E-state index in [9.17, 15) is 14.4 Å². The molecule has 0 radical (unpaired) electrons. The van der Waals surface area contributed by atoms with Gasteiger partial charge in [-0.15, -0.1) is 0 Å². The predicted octanol–water partition coefficient (Wildman–Crippen LogP) is 4.35. The molecule has 1 aromatic carbocycles. The molecule has 4 atom stereocenters. The highest BCUT2D eigenvalue weighted by Crippen LogP contribution is 2.67. The Morgan fingerprint density at radius 1 is 1.09 bits per heavy atom. The minimum atomic E-state index is -0.980. The first kappa shape index (κ1) is 22.8. The number of carbonyl (C=O) groups is 3. The Balaban J connectivity index is 2.14. The maximum absolute atomic E-state index is 13.6. The number of rotatable bonds is 4. The molecule has 2 bridgehead atoms. The van der Waals surface area contributed by atoms with Crippen molar-refractivity contribution in [3.8, 4) is 11.5 Å². The van der Waals surface area contributed by atoms with Crippen molar-refractivity contribution in [3.05, 3.63) is 22.8 Å². The lowest BCUT2D eigenvalue weighted by atomic mass is 9.49. The van der Waals surface area contributed by atoms with Gasteiger partial charge in [0.1, 0.15) is 17.6 Å². The number of benzene rings is 1. The molecule has 4 rings (SSSR count). The van der Waals surface area contributed by atoms with Gasteiger partial charge in [0.05, 0.1) is 0 Å². The molecule has 0 unspecified atom stereocenters. The van der Waals surface area contributed by atoms with Gasteiger partial charge in [-0.1, -0.05) is 34.1 Å². The van der Waals surface area contributed by atoms with Gasteiger partial charge in [0.15, 0.2) is 11.5 Å². The van der Waals surface area contributed by atoms with E-state index in [1.54, 1.807) is 7.11 Å². The third-order valence-corrected chi connectivity index (χ3v) is 7.41. The summed E-state index contributed by atoms with van der Waals surface area (Å²) in [6.07, 6.45) is 1.42. The molecule has 1 aromatic rings. The van der Waals surface area contributed by atoms with Crippen LogP contribution in [0.3, 0.4) is 0 Å². The predicted molar refractivity (Wildman–Crippen MR) is 116 cm³/mol. The Bertz CT molecular complexity index is 992. The van der Waals surface area contributed by atoms with Crippen molar-refractivity contribution < 1.29 is 33.3 Å². The summed E-state index contributed by atoms with van der Waals surface area (Å²) in [6.45, 7) is 10.9. The van der Waals surface area contributed by atoms with E-state index < -0.39 is 29.6 Å². The molecular formula is C25H32O7. The van der Waals surface area contributed by atoms with Crippen LogP contribution in [0.2, 0.25) is 0 Å². The van der Waals surface area contributed by atoms with E-state index in [-0.39, 0.29) is 34.7 Å². The smallest absolute Gasteiger partial charge is 0.317 e. The Kier molecular flexibility index (Phi) is 5.39. The Hall–Kier alpha value is -2.41. The summed E-state index contributed by atoms with van der Waals surface area (Å²) in [7, 11) is 1.60. The van der Waals surface area contributed by atoms with Gasteiger partial charge in [-0.2, -0.15) is 0 Å². The molecular weight excluding hydrogens is 412 g/mol. The first-order valence-corrected chi connectivity index (χ1v) is 11.3. The average Bonchev–Trinajstić information content (AvgIpc) is 2.92. The van der Waals surface area contributed by atoms with E-state index in [1.807, 2.05) is 19.9 Å². The van der Waals surface area contributed by atoms with Crippen LogP contribution in [0.1, 0.15) is 89.5 Å². The third kappa shape index (κ3) is 3.08. The van der Waals surface area contributed by atoms with Crippen molar-refractivity contribution in [3.63, 3.8) is 0 Å². The zero-order valence-electron chi connectivity index (χ0n) is 19.9. The quantitative estimate of drug-likeness (QED) is 0.504. The van der Waals surface area contributed by atoms with Crippen molar-refractivity contribution >= 4 is 17.9 Å². The molecule has 1 heterocycles. The van der Waals surface area contributed by atoms with E-state index in [0.717, 1.165) is 18.4 Å². The van der Waals surface area contributed by atoms with Crippen LogP contribution in [0, 0.1) is 11.3 Å². The van der Waals surface area contributed by atoms with Crippen LogP contribution < -0.4 is 9.47 Å². The largest absolute Gasteiger partial charge is 0.458 e. The molecule has 174 valence electrons. The molecule has 3 aliphatic rings. The van der Waals surface area contributed by atoms with Crippen molar-refractivity contribution in [1.29, 1.82) is 0 Å². The molecule has 0 spiro atoms. The maximum atomic E-state index is 13.6. The molecule has 7 nitrogen and oxygen atoms in total. The highest BCUT2D eigenvalue weighted by atomic mass is 16.6. The minimum Gasteiger partial charge on any atom is -0.458 e. The fraction of sp³-hybridized carbons (Fsp3) is 0.640. The summed E-state index contributed by atoms with van der Waals surface area (Å²) in [5, 5.41) is 0. The van der Waals surface area contributed by atoms with Gasteiger partial charge >= 0.3 is 17.9 Å². The normalized spacial score (nSPS) is 29.8. The second kappa shape index (κ2) is 7.58. The van der Waals surface area contributed by atoms with Crippen LogP contribution in [0.25, 0.3) is 0 Å². The first-order chi connectivity index (χ1) is 15.0. The van der Waals surface area contributed by atoms with Crippen LogP contribution in [0.4, 0.5) is 0 Å². The fourth-order valence-electron chi connectivity index (χ4n) is 6.39. The molecule has 1 saturated heterocycles. The number of ether oxygens (including phenoxy) is 4. The standard InChI is InChI=1S/C25H32O7/c1-12(2)15-11-16-17(20(31-14(4)27)19(15)30-13(3)26)25-10-8-9-24(5,6)22(25)21(18(16)29-7)32-23(25)28/h11-12,18,21-22H,8-10H2,1-7H3/t18-,21+,22+,25-/m0/s1. The SMILES string of the molecule is CO[C@H]1c2cc(C(C)C)c(OC(C)=O)c(OC(C)=O)c2[C@@]23CCCC(C)(C)[C@H]2[C@@H]1OC3=O. The Morgan fingerprint density at radius 2 is 1.72 bits per heavy atom. The summed E-state index contributed by atoms with van der Waals surface area (Å²) in [4.78, 5) is 37.9. The van der Waals surface area contributed by atoms with E-state index in [2.05, 4.69) is 13.8 Å². The lowest BCUT2D eigenvalue weighted by Crippen LogP contribution is -2.54. The molecule has 2 fully saturated rings. The van der Waals surface area contributed by atoms with Gasteiger partial charge in [0.2, 0.25) is 0 Å². The van der Waals surface area contributed by atoms with Gasteiger partial charge in [0.25, 0.3) is 0 Å². The Labute approximate surface area is 188 Å². The number of hydrogen-bond donors (Lipinski definition) is 0. The van der Waals surface area contributed by atoms with Gasteiger partial charge in [-0.3, -0.25) is 14.4 Å². The van der Waals surface area contributed by atoms with Crippen LogP contribution in [0.15, 0.2) is 6.07 Å². The van der Waals surface area contributed by atoms with E-state index >= 15 is 0 Å². The van der Waals surface area contributed by atoms with E-state index in [1.165, 1.54) is 13.8 Å². The minimum absolute atomic E-state index is 0.0336. The summed E-state index contributed by atoms with van der Waals surface area (Å²) < 4.78 is 23.3. The fourth-order valence-corrected chi connectivity index (χ4v) is 6.39. The summed E-state index contributed by atoms with van der Waals surface area (Å²) >= 11 is 0. The molecule has 1 saturated carbocycles. The number of methoxy groups -OCH3 is 1. The number of fused-ring (bicyclic) bond motifs is 1. The number of esters is 3. The zero-order chi connectivity index (χ0) is 23.6. The zero-order valence-corrected chi connectivity index (χ0v) is 19.9. The van der Waals surface area contributed by atoms with Crippen molar-refractivity contribution in [2.24, 2.45) is 11.3 Å². The molecule has 7 heteroatoms. The van der Waals surface area contributed by atoms with Gasteiger partial charge < -0.3 is 18.9 Å². The highest BCUT2D eigenvalue weighted by molar-refractivity contribution is 5.91. The Morgan fingerprint density at radius 3 is 2.28 bits per heavy atom. The monoisotopic (exact) mass is 444 g/mol. The van der Waals surface area contributed by atoms with E-state index in [4.69, 9.17) is 18.9 Å². The lowest BCUT2D eigenvalue weighted by Gasteiger charge is -2.52. The number of hydrogen-bond acceptors (Lipinski definition) is 7. The van der Waals surface area contributed by atoms with Crippen LogP contribution in [-0.4, -0.2) is 31.1 Å². The number of carbonyl (C=O) groups excluding carboxylic acids is 3. The third-order valence-electron chi connectivity index (χ3n) is 7.41. The molecule has 0 amide bonds. The van der Waals surface area contributed by atoms with Crippen LogP contribution in [0.5, 0.6) is 11.5 Å². The van der Waals surface area contributed by atoms with Crippen molar-refractivity contribution in [2.75, 3.05) is 7.11 Å². The van der Waals surface area contributed by atoms with Gasteiger partial charge in [-0.25, -0.2) is 0 Å². The average molecular weight is 445 g/mol. The first-order valence-electron chi connectivity index (χ1n) is 11.3. The molecule has 0 N–H and O–H groups in total. The highest BCUT2D eigenvalue weighted by Gasteiger charge is 2.70. The summed E-state index contributed by atoms with van der Waals surface area (Å²) in [5.41, 5.74) is 0.889. The second-order valence-electron chi connectivity index (χ2n) is 10.2. The molecule has 0 aromatic heterocycles. The maximum Gasteiger partial charge on any atom is 0.317 e. The van der Waals surface area contributed by atoms with Crippen molar-refractivity contribution in [2.45, 2.75) is 84.3 Å². The van der Waals surface area contributed by atoms with Crippen LogP contribution >= 0.6 is 0 Å². The summed E-state index contributed by atoms with van der Waals surface area (Å²) in [6, 6.07) is 1.94.